The Hall–Kier alpha value is -3.11. The van der Waals surface area contributed by atoms with Gasteiger partial charge in [-0.1, -0.05) is 90.6 Å². The molecule has 3 aromatic carbocycles. The van der Waals surface area contributed by atoms with Crippen LogP contribution in [0.5, 0.6) is 0 Å². The second-order valence-corrected chi connectivity index (χ2v) is 8.75. The van der Waals surface area contributed by atoms with Gasteiger partial charge >= 0.3 is 0 Å². The molecular weight excluding hydrogens is 400 g/mol. The summed E-state index contributed by atoms with van der Waals surface area (Å²) in [5.41, 5.74) is 5.63. The number of aryl methyl sites for hydroxylation is 2. The minimum atomic E-state index is 0.113. The third-order valence-corrected chi connectivity index (χ3v) is 6.25. The molecule has 1 aromatic heterocycles. The molecule has 0 atom stereocenters. The maximum atomic E-state index is 13.2. The number of carbonyl (C=O) groups excluding carboxylic acids is 1. The summed E-state index contributed by atoms with van der Waals surface area (Å²) in [5, 5.41) is 2.07. The standard InChI is InChI=1S/C27H26N2OS/c1-20-10-9-15-24-21(2)16-25(28-27(20)24)31-19-26(30)29(17-22-11-5-3-6-12-22)18-23-13-7-4-8-14-23/h3-16H,17-19H2,1-2H3. The summed E-state index contributed by atoms with van der Waals surface area (Å²) >= 11 is 1.51. The second kappa shape index (κ2) is 9.80. The Morgan fingerprint density at radius 2 is 1.42 bits per heavy atom. The molecule has 0 bridgehead atoms. The van der Waals surface area contributed by atoms with Crippen LogP contribution < -0.4 is 0 Å². The first-order valence-electron chi connectivity index (χ1n) is 10.5. The normalized spacial score (nSPS) is 10.9. The monoisotopic (exact) mass is 426 g/mol. The van der Waals surface area contributed by atoms with Crippen LogP contribution in [0.1, 0.15) is 22.3 Å². The zero-order valence-electron chi connectivity index (χ0n) is 17.9. The molecule has 3 nitrogen and oxygen atoms in total. The van der Waals surface area contributed by atoms with Gasteiger partial charge in [-0.25, -0.2) is 4.98 Å². The van der Waals surface area contributed by atoms with E-state index in [1.807, 2.05) is 41.3 Å². The summed E-state index contributed by atoms with van der Waals surface area (Å²) < 4.78 is 0. The van der Waals surface area contributed by atoms with Crippen LogP contribution in [-0.4, -0.2) is 21.5 Å². The summed E-state index contributed by atoms with van der Waals surface area (Å²) in [5.74, 6) is 0.478. The molecule has 0 unspecified atom stereocenters. The number of fused-ring (bicyclic) bond motifs is 1. The zero-order chi connectivity index (χ0) is 21.6. The van der Waals surface area contributed by atoms with Gasteiger partial charge in [0.2, 0.25) is 5.91 Å². The fraction of sp³-hybridized carbons (Fsp3) is 0.185. The number of aromatic nitrogens is 1. The fourth-order valence-corrected chi connectivity index (χ4v) is 4.54. The van der Waals surface area contributed by atoms with Crippen LogP contribution in [-0.2, 0) is 17.9 Å². The van der Waals surface area contributed by atoms with Crippen LogP contribution in [0.4, 0.5) is 0 Å². The smallest absolute Gasteiger partial charge is 0.233 e. The average Bonchev–Trinajstić information content (AvgIpc) is 2.79. The van der Waals surface area contributed by atoms with Gasteiger partial charge in [-0.2, -0.15) is 0 Å². The molecule has 0 spiro atoms. The molecule has 4 rings (SSSR count). The Bertz CT molecular complexity index is 1130. The van der Waals surface area contributed by atoms with Crippen LogP contribution in [0.15, 0.2) is 90.0 Å². The Morgan fingerprint density at radius 1 is 0.806 bits per heavy atom. The lowest BCUT2D eigenvalue weighted by molar-refractivity contribution is -0.129. The van der Waals surface area contributed by atoms with Crippen LogP contribution in [0, 0.1) is 13.8 Å². The number of hydrogen-bond donors (Lipinski definition) is 0. The number of amides is 1. The van der Waals surface area contributed by atoms with Gasteiger partial charge in [-0.15, -0.1) is 0 Å². The van der Waals surface area contributed by atoms with E-state index in [2.05, 4.69) is 62.4 Å². The summed E-state index contributed by atoms with van der Waals surface area (Å²) in [6.07, 6.45) is 0. The van der Waals surface area contributed by atoms with Gasteiger partial charge in [-0.05, 0) is 42.2 Å². The highest BCUT2D eigenvalue weighted by atomic mass is 32.2. The summed E-state index contributed by atoms with van der Waals surface area (Å²) in [6.45, 7) is 5.37. The van der Waals surface area contributed by atoms with E-state index in [1.165, 1.54) is 22.7 Å². The minimum absolute atomic E-state index is 0.113. The van der Waals surface area contributed by atoms with Crippen molar-refractivity contribution in [1.82, 2.24) is 9.88 Å². The highest BCUT2D eigenvalue weighted by molar-refractivity contribution is 7.99. The molecule has 31 heavy (non-hydrogen) atoms. The van der Waals surface area contributed by atoms with Crippen molar-refractivity contribution in [1.29, 1.82) is 0 Å². The number of carbonyl (C=O) groups is 1. The van der Waals surface area contributed by atoms with Crippen molar-refractivity contribution in [2.75, 3.05) is 5.75 Å². The summed E-state index contributed by atoms with van der Waals surface area (Å²) in [7, 11) is 0. The molecule has 0 N–H and O–H groups in total. The SMILES string of the molecule is Cc1cc(SCC(=O)N(Cc2ccccc2)Cc2ccccc2)nc2c(C)cccc12. The lowest BCUT2D eigenvalue weighted by atomic mass is 10.1. The van der Waals surface area contributed by atoms with Crippen molar-refractivity contribution in [2.45, 2.75) is 32.0 Å². The van der Waals surface area contributed by atoms with E-state index in [1.54, 1.807) is 0 Å². The Balaban J connectivity index is 1.51. The molecular formula is C27H26N2OS. The molecule has 0 aliphatic heterocycles. The topological polar surface area (TPSA) is 33.2 Å². The Labute approximate surface area is 188 Å². The first kappa shape index (κ1) is 21.1. The zero-order valence-corrected chi connectivity index (χ0v) is 18.7. The predicted octanol–water partition coefficient (Wildman–Crippen LogP) is 6.17. The molecule has 0 fully saturated rings. The molecule has 0 saturated carbocycles. The van der Waals surface area contributed by atoms with Crippen LogP contribution in [0.3, 0.4) is 0 Å². The number of para-hydroxylation sites is 1. The van der Waals surface area contributed by atoms with Gasteiger partial charge in [0.25, 0.3) is 0 Å². The van der Waals surface area contributed by atoms with E-state index in [4.69, 9.17) is 4.98 Å². The maximum Gasteiger partial charge on any atom is 0.233 e. The number of nitrogens with zero attached hydrogens (tertiary/aromatic N) is 2. The van der Waals surface area contributed by atoms with Crippen LogP contribution >= 0.6 is 11.8 Å². The van der Waals surface area contributed by atoms with Gasteiger partial charge in [0.15, 0.2) is 0 Å². The minimum Gasteiger partial charge on any atom is -0.333 e. The number of thioether (sulfide) groups is 1. The Morgan fingerprint density at radius 3 is 2.03 bits per heavy atom. The maximum absolute atomic E-state index is 13.2. The molecule has 0 radical (unpaired) electrons. The number of pyridine rings is 1. The van der Waals surface area contributed by atoms with Gasteiger partial charge in [0, 0.05) is 18.5 Å². The van der Waals surface area contributed by atoms with Crippen molar-refractivity contribution in [3.05, 3.63) is 107 Å². The molecule has 4 heteroatoms. The third-order valence-electron chi connectivity index (χ3n) is 5.35. The van der Waals surface area contributed by atoms with E-state index in [0.717, 1.165) is 27.2 Å². The molecule has 0 aliphatic carbocycles. The molecule has 1 heterocycles. The van der Waals surface area contributed by atoms with Crippen molar-refractivity contribution < 1.29 is 4.79 Å². The summed E-state index contributed by atoms with van der Waals surface area (Å²) in [6, 6.07) is 28.6. The van der Waals surface area contributed by atoms with E-state index in [-0.39, 0.29) is 5.91 Å². The van der Waals surface area contributed by atoms with E-state index in [9.17, 15) is 4.79 Å². The van der Waals surface area contributed by atoms with E-state index >= 15 is 0 Å². The molecule has 0 aliphatic rings. The average molecular weight is 427 g/mol. The van der Waals surface area contributed by atoms with Gasteiger partial charge in [-0.3, -0.25) is 4.79 Å². The predicted molar refractivity (Wildman–Crippen MR) is 129 cm³/mol. The van der Waals surface area contributed by atoms with Gasteiger partial charge in [0.05, 0.1) is 16.3 Å². The first-order chi connectivity index (χ1) is 15.1. The van der Waals surface area contributed by atoms with E-state index in [0.29, 0.717) is 18.8 Å². The molecule has 0 saturated heterocycles. The molecule has 156 valence electrons. The van der Waals surface area contributed by atoms with Crippen molar-refractivity contribution in [2.24, 2.45) is 0 Å². The third kappa shape index (κ3) is 5.33. The van der Waals surface area contributed by atoms with E-state index < -0.39 is 0 Å². The highest BCUT2D eigenvalue weighted by Gasteiger charge is 2.16. The number of rotatable bonds is 7. The number of hydrogen-bond acceptors (Lipinski definition) is 3. The fourth-order valence-electron chi connectivity index (χ4n) is 3.67. The lowest BCUT2D eigenvalue weighted by Gasteiger charge is -2.23. The quantitative estimate of drug-likeness (QED) is 0.331. The van der Waals surface area contributed by atoms with Gasteiger partial charge < -0.3 is 4.90 Å². The lowest BCUT2D eigenvalue weighted by Crippen LogP contribution is -2.31. The first-order valence-corrected chi connectivity index (χ1v) is 11.4. The second-order valence-electron chi connectivity index (χ2n) is 7.76. The molecule has 1 amide bonds. The largest absolute Gasteiger partial charge is 0.333 e. The van der Waals surface area contributed by atoms with Crippen LogP contribution in [0.2, 0.25) is 0 Å². The Kier molecular flexibility index (Phi) is 6.68. The van der Waals surface area contributed by atoms with Crippen molar-refractivity contribution in [3.63, 3.8) is 0 Å². The van der Waals surface area contributed by atoms with Crippen molar-refractivity contribution in [3.8, 4) is 0 Å². The summed E-state index contributed by atoms with van der Waals surface area (Å²) in [4.78, 5) is 20.0. The number of benzene rings is 3. The van der Waals surface area contributed by atoms with Crippen molar-refractivity contribution >= 4 is 28.6 Å². The highest BCUT2D eigenvalue weighted by Crippen LogP contribution is 2.26. The van der Waals surface area contributed by atoms with Gasteiger partial charge in [0.1, 0.15) is 0 Å². The van der Waals surface area contributed by atoms with Crippen LogP contribution in [0.25, 0.3) is 10.9 Å². The molecule has 4 aromatic rings.